The van der Waals surface area contributed by atoms with Gasteiger partial charge in [0, 0.05) is 0 Å². The highest BCUT2D eigenvalue weighted by Crippen LogP contribution is 2.31. The van der Waals surface area contributed by atoms with E-state index in [1.807, 2.05) is 0 Å². The van der Waals surface area contributed by atoms with Crippen LogP contribution in [0.4, 0.5) is 30.7 Å². The van der Waals surface area contributed by atoms with E-state index < -0.39 is 61.5 Å². The molecule has 0 bridgehead atoms. The molecule has 0 saturated carbocycles. The zero-order chi connectivity index (χ0) is 17.5. The van der Waals surface area contributed by atoms with Crippen molar-refractivity contribution in [3.63, 3.8) is 0 Å². The Morgan fingerprint density at radius 2 is 1.17 bits per heavy atom. The summed E-state index contributed by atoms with van der Waals surface area (Å²) in [4.78, 5) is -1.10. The van der Waals surface area contributed by atoms with Gasteiger partial charge in [0.2, 0.25) is 34.8 Å². The van der Waals surface area contributed by atoms with Gasteiger partial charge < -0.3 is 4.18 Å². The van der Waals surface area contributed by atoms with Crippen LogP contribution in [0.1, 0.15) is 0 Å². The van der Waals surface area contributed by atoms with E-state index in [2.05, 4.69) is 4.18 Å². The summed E-state index contributed by atoms with van der Waals surface area (Å²) in [6.07, 6.45) is 0. The Morgan fingerprint density at radius 1 is 0.696 bits per heavy atom. The monoisotopic (exact) mass is 360 g/mol. The molecule has 23 heavy (non-hydrogen) atoms. The second-order valence-corrected chi connectivity index (χ2v) is 5.56. The van der Waals surface area contributed by atoms with E-state index in [4.69, 9.17) is 0 Å². The first-order chi connectivity index (χ1) is 10.6. The Hall–Kier alpha value is -2.30. The lowest BCUT2D eigenvalue weighted by molar-refractivity contribution is 0.346. The molecule has 124 valence electrons. The number of hydrogen-bond donors (Lipinski definition) is 0. The minimum Gasteiger partial charge on any atom is -0.372 e. The molecule has 0 saturated heterocycles. The van der Waals surface area contributed by atoms with Crippen molar-refractivity contribution in [2.24, 2.45) is 0 Å². The molecule has 3 nitrogen and oxygen atoms in total. The lowest BCUT2D eigenvalue weighted by atomic mass is 10.3. The van der Waals surface area contributed by atoms with Gasteiger partial charge in [0.05, 0.1) is 0 Å². The molecule has 0 heterocycles. The van der Waals surface area contributed by atoms with E-state index in [-0.39, 0.29) is 6.07 Å². The maximum atomic E-state index is 13.3. The van der Waals surface area contributed by atoms with Crippen LogP contribution < -0.4 is 4.18 Å². The van der Waals surface area contributed by atoms with Crippen LogP contribution in [0.5, 0.6) is 5.75 Å². The van der Waals surface area contributed by atoms with Gasteiger partial charge >= 0.3 is 10.1 Å². The van der Waals surface area contributed by atoms with Crippen molar-refractivity contribution in [3.05, 3.63) is 58.9 Å². The molecule has 2 aromatic rings. The molecule has 2 aromatic carbocycles. The number of benzene rings is 2. The molecule has 0 radical (unpaired) electrons. The van der Waals surface area contributed by atoms with Gasteiger partial charge in [0.15, 0.2) is 11.6 Å². The fraction of sp³-hybridized carbons (Fsp3) is 0. The summed E-state index contributed by atoms with van der Waals surface area (Å²) in [5, 5.41) is 0. The second kappa shape index (κ2) is 5.72. The Balaban J connectivity index is 2.56. The standard InChI is InChI=1S/C12H3F7O3S/c13-5-2-1-4(3-6(5)14)23(20,21)22-12-10(18)8(16)7(15)9(17)11(12)19/h1-3H. The van der Waals surface area contributed by atoms with Crippen LogP contribution in [0.3, 0.4) is 0 Å². The summed E-state index contributed by atoms with van der Waals surface area (Å²) in [6, 6.07) is 0.945. The molecule has 0 aliphatic carbocycles. The summed E-state index contributed by atoms with van der Waals surface area (Å²) in [5.41, 5.74) is 0. The molecule has 0 aliphatic heterocycles. The lowest BCUT2D eigenvalue weighted by Gasteiger charge is -2.10. The lowest BCUT2D eigenvalue weighted by Crippen LogP contribution is -2.14. The van der Waals surface area contributed by atoms with Crippen LogP contribution in [0.2, 0.25) is 0 Å². The van der Waals surface area contributed by atoms with Gasteiger partial charge in [-0.3, -0.25) is 0 Å². The normalized spacial score (nSPS) is 11.6. The van der Waals surface area contributed by atoms with Crippen molar-refractivity contribution in [2.75, 3.05) is 0 Å². The van der Waals surface area contributed by atoms with Crippen LogP contribution in [0.15, 0.2) is 23.1 Å². The largest absolute Gasteiger partial charge is 0.372 e. The molecule has 11 heteroatoms. The highest BCUT2D eigenvalue weighted by molar-refractivity contribution is 7.87. The Morgan fingerprint density at radius 3 is 1.65 bits per heavy atom. The third-order valence-corrected chi connectivity index (χ3v) is 3.76. The van der Waals surface area contributed by atoms with E-state index in [0.29, 0.717) is 12.1 Å². The van der Waals surface area contributed by atoms with Crippen molar-refractivity contribution in [2.45, 2.75) is 4.90 Å². The molecule has 0 aromatic heterocycles. The number of halogens is 7. The van der Waals surface area contributed by atoms with Gasteiger partial charge in [-0.2, -0.15) is 17.2 Å². The maximum Gasteiger partial charge on any atom is 0.339 e. The summed E-state index contributed by atoms with van der Waals surface area (Å²) in [6.45, 7) is 0. The van der Waals surface area contributed by atoms with Gasteiger partial charge in [-0.1, -0.05) is 0 Å². The molecule has 0 fully saturated rings. The Bertz CT molecular complexity index is 867. The van der Waals surface area contributed by atoms with Crippen molar-refractivity contribution >= 4 is 10.1 Å². The molecule has 0 spiro atoms. The number of hydrogen-bond acceptors (Lipinski definition) is 3. The summed E-state index contributed by atoms with van der Waals surface area (Å²) in [5.74, 6) is -17.6. The smallest absolute Gasteiger partial charge is 0.339 e. The van der Waals surface area contributed by atoms with Gasteiger partial charge in [-0.25, -0.2) is 22.0 Å². The minimum atomic E-state index is -5.19. The van der Waals surface area contributed by atoms with E-state index in [1.54, 1.807) is 0 Å². The molecular weight excluding hydrogens is 357 g/mol. The maximum absolute atomic E-state index is 13.3. The zero-order valence-corrected chi connectivity index (χ0v) is 11.3. The Labute approximate surface area is 124 Å². The zero-order valence-electron chi connectivity index (χ0n) is 10.5. The highest BCUT2D eigenvalue weighted by Gasteiger charge is 2.31. The van der Waals surface area contributed by atoms with Crippen molar-refractivity contribution < 1.29 is 43.3 Å². The first-order valence-electron chi connectivity index (χ1n) is 5.47. The second-order valence-electron chi connectivity index (χ2n) is 4.01. The van der Waals surface area contributed by atoms with Crippen molar-refractivity contribution in [1.29, 1.82) is 0 Å². The van der Waals surface area contributed by atoms with Crippen LogP contribution in [-0.4, -0.2) is 8.42 Å². The highest BCUT2D eigenvalue weighted by atomic mass is 32.2. The number of rotatable bonds is 3. The third-order valence-electron chi connectivity index (χ3n) is 2.54. The first-order valence-corrected chi connectivity index (χ1v) is 6.88. The van der Waals surface area contributed by atoms with E-state index >= 15 is 0 Å². The first kappa shape index (κ1) is 17.1. The predicted octanol–water partition coefficient (Wildman–Crippen LogP) is 3.43. The molecule has 0 amide bonds. The van der Waals surface area contributed by atoms with Gasteiger partial charge in [0.25, 0.3) is 0 Å². The van der Waals surface area contributed by atoms with Gasteiger partial charge in [0.1, 0.15) is 4.90 Å². The Kier molecular flexibility index (Phi) is 4.24. The molecule has 0 atom stereocenters. The molecule has 2 rings (SSSR count). The van der Waals surface area contributed by atoms with E-state index in [0.717, 1.165) is 0 Å². The topological polar surface area (TPSA) is 43.4 Å². The van der Waals surface area contributed by atoms with Gasteiger partial charge in [-0.05, 0) is 18.2 Å². The average Bonchev–Trinajstić information content (AvgIpc) is 2.50. The molecular formula is C12H3F7O3S. The summed E-state index contributed by atoms with van der Waals surface area (Å²) < 4.78 is 118. The van der Waals surface area contributed by atoms with Crippen LogP contribution in [0.25, 0.3) is 0 Å². The van der Waals surface area contributed by atoms with Crippen LogP contribution >= 0.6 is 0 Å². The van der Waals surface area contributed by atoms with Crippen molar-refractivity contribution in [3.8, 4) is 5.75 Å². The fourth-order valence-corrected chi connectivity index (χ4v) is 2.39. The fourth-order valence-electron chi connectivity index (χ4n) is 1.45. The molecule has 0 aliphatic rings. The van der Waals surface area contributed by atoms with Crippen molar-refractivity contribution in [1.82, 2.24) is 0 Å². The van der Waals surface area contributed by atoms with Crippen LogP contribution in [0, 0.1) is 40.7 Å². The summed E-state index contributed by atoms with van der Waals surface area (Å²) >= 11 is 0. The average molecular weight is 360 g/mol. The molecule has 0 unspecified atom stereocenters. The minimum absolute atomic E-state index is 0.108. The quantitative estimate of drug-likeness (QED) is 0.365. The third kappa shape index (κ3) is 2.96. The van der Waals surface area contributed by atoms with Gasteiger partial charge in [-0.15, -0.1) is 0 Å². The van der Waals surface area contributed by atoms with E-state index in [1.165, 1.54) is 0 Å². The molecule has 0 N–H and O–H groups in total. The summed E-state index contributed by atoms with van der Waals surface area (Å²) in [7, 11) is -5.19. The van der Waals surface area contributed by atoms with E-state index in [9.17, 15) is 39.2 Å². The van der Waals surface area contributed by atoms with Crippen LogP contribution in [-0.2, 0) is 10.1 Å². The SMILES string of the molecule is O=S(=O)(Oc1c(F)c(F)c(F)c(F)c1F)c1ccc(F)c(F)c1. The predicted molar refractivity (Wildman–Crippen MR) is 60.4 cm³/mol.